The summed E-state index contributed by atoms with van der Waals surface area (Å²) in [6.07, 6.45) is -4.47. The van der Waals surface area contributed by atoms with Crippen LogP contribution in [0, 0.1) is 20.8 Å². The van der Waals surface area contributed by atoms with E-state index in [-0.39, 0.29) is 5.69 Å². The summed E-state index contributed by atoms with van der Waals surface area (Å²) >= 11 is 0. The highest BCUT2D eigenvalue weighted by Gasteiger charge is 2.31. The number of rotatable bonds is 14. The van der Waals surface area contributed by atoms with Crippen LogP contribution in [-0.2, 0) is 28.7 Å². The Hall–Kier alpha value is -6.23. The first kappa shape index (κ1) is 55.7. The summed E-state index contributed by atoms with van der Waals surface area (Å²) in [6, 6.07) is 35.8. The van der Waals surface area contributed by atoms with Gasteiger partial charge in [-0.15, -0.1) is 0 Å². The van der Waals surface area contributed by atoms with Crippen molar-refractivity contribution in [1.82, 2.24) is 23.8 Å². The fourth-order valence-corrected chi connectivity index (χ4v) is 8.45. The molecule has 6 aromatic rings. The van der Waals surface area contributed by atoms with Crippen molar-refractivity contribution >= 4 is 23.3 Å². The molecule has 12 nitrogen and oxygen atoms in total. The minimum absolute atomic E-state index is 0.108. The Morgan fingerprint density at radius 1 is 0.620 bits per heavy atom. The number of nitrogens with one attached hydrogen (secondary N) is 1. The molecule has 4 N–H and O–H groups in total. The number of carboxylic acid groups (broad SMARTS) is 1. The Bertz CT molecular complexity index is 2520. The van der Waals surface area contributed by atoms with E-state index in [0.29, 0.717) is 30.9 Å². The van der Waals surface area contributed by atoms with Crippen molar-refractivity contribution in [2.45, 2.75) is 60.8 Å². The van der Waals surface area contributed by atoms with Gasteiger partial charge in [-0.2, -0.15) is 13.2 Å². The van der Waals surface area contributed by atoms with Crippen molar-refractivity contribution in [2.24, 2.45) is 0 Å². The first-order chi connectivity index (χ1) is 34.1. The van der Waals surface area contributed by atoms with Gasteiger partial charge in [0.05, 0.1) is 43.1 Å². The van der Waals surface area contributed by atoms with Crippen LogP contribution in [0.3, 0.4) is 0 Å². The number of carboxylic acids is 1. The highest BCUT2D eigenvalue weighted by atomic mass is 19.4. The molecule has 71 heavy (non-hydrogen) atoms. The number of morpholine rings is 2. The second-order valence-corrected chi connectivity index (χ2v) is 17.4. The van der Waals surface area contributed by atoms with Crippen LogP contribution in [0.1, 0.15) is 64.0 Å². The number of aromatic nitrogens is 2. The van der Waals surface area contributed by atoms with Crippen LogP contribution in [0.2, 0.25) is 0 Å². The normalized spacial score (nSPS) is 14.1. The highest BCUT2D eigenvalue weighted by Crippen LogP contribution is 2.32. The number of alkyl halides is 3. The molecule has 8 rings (SSSR count). The molecule has 1 amide bonds. The number of halogens is 3. The average molecular weight is 980 g/mol. The number of ether oxygens (including phenoxy) is 2. The molecule has 4 aromatic carbocycles. The number of amides is 1. The number of carbonyl (C=O) groups is 2. The molecule has 0 atom stereocenters. The number of nitrogen functional groups attached to an aromatic ring is 1. The molecule has 0 aliphatic carbocycles. The number of benzene rings is 4. The van der Waals surface area contributed by atoms with E-state index in [1.807, 2.05) is 112 Å². The number of aryl methyl sites for hydroxylation is 1. The van der Waals surface area contributed by atoms with E-state index in [1.165, 1.54) is 37.3 Å². The molecule has 2 aliphatic rings. The lowest BCUT2D eigenvalue weighted by molar-refractivity contribution is -0.137. The predicted molar refractivity (Wildman–Crippen MR) is 279 cm³/mol. The van der Waals surface area contributed by atoms with Gasteiger partial charge in [0.1, 0.15) is 0 Å². The number of nitrogens with zero attached hydrogens (tertiary/aromatic N) is 5. The van der Waals surface area contributed by atoms with E-state index in [0.717, 1.165) is 111 Å². The van der Waals surface area contributed by atoms with E-state index in [9.17, 15) is 27.9 Å². The fourth-order valence-electron chi connectivity index (χ4n) is 8.45. The number of hydrogen-bond acceptors (Lipinski definition) is 8. The van der Waals surface area contributed by atoms with E-state index in [1.54, 1.807) is 6.07 Å². The molecule has 2 aliphatic heterocycles. The van der Waals surface area contributed by atoms with Gasteiger partial charge in [-0.05, 0) is 99.6 Å². The maximum atomic E-state index is 13.1. The molecule has 0 bridgehead atoms. The van der Waals surface area contributed by atoms with Gasteiger partial charge in [0.15, 0.2) is 0 Å². The molecular weight excluding hydrogens is 908 g/mol. The van der Waals surface area contributed by atoms with E-state index in [2.05, 4.69) is 49.9 Å². The summed E-state index contributed by atoms with van der Waals surface area (Å²) in [6.45, 7) is 25.7. The topological polar surface area (TPSA) is 130 Å². The minimum Gasteiger partial charge on any atom is -0.478 e. The van der Waals surface area contributed by atoms with Crippen molar-refractivity contribution in [3.05, 3.63) is 155 Å². The Balaban J connectivity index is 0.000000211. The van der Waals surface area contributed by atoms with Gasteiger partial charge >= 0.3 is 12.1 Å². The molecule has 0 spiro atoms. The monoisotopic (exact) mass is 980 g/mol. The van der Waals surface area contributed by atoms with Crippen molar-refractivity contribution < 1.29 is 37.3 Å². The SMILES string of the molecule is CCN(CC)CC.Cc1c(C(=O)Nc2cccc(C(F)(F)F)c2)cc(-c2ccccc2)n1CCN1CCOCC1.Cc1c(C(=O)O)cc(-c2ccccc2)n1CCN1CCOCC1.Cc1cccc(N)c1. The largest absolute Gasteiger partial charge is 0.478 e. The zero-order valence-electron chi connectivity index (χ0n) is 42.2. The molecule has 15 heteroatoms. The van der Waals surface area contributed by atoms with Crippen LogP contribution in [0.4, 0.5) is 24.5 Å². The summed E-state index contributed by atoms with van der Waals surface area (Å²) in [7, 11) is 0. The van der Waals surface area contributed by atoms with Crippen LogP contribution in [-0.4, -0.2) is 126 Å². The van der Waals surface area contributed by atoms with Crippen LogP contribution in [0.25, 0.3) is 22.5 Å². The van der Waals surface area contributed by atoms with Crippen LogP contribution in [0.15, 0.2) is 121 Å². The molecule has 2 fully saturated rings. The number of anilines is 2. The summed E-state index contributed by atoms with van der Waals surface area (Å²) in [4.78, 5) is 31.6. The van der Waals surface area contributed by atoms with Gasteiger partial charge in [0.25, 0.3) is 5.91 Å². The van der Waals surface area contributed by atoms with Gasteiger partial charge in [0.2, 0.25) is 0 Å². The van der Waals surface area contributed by atoms with E-state index < -0.39 is 23.6 Å². The maximum absolute atomic E-state index is 13.1. The summed E-state index contributed by atoms with van der Waals surface area (Å²) in [5.74, 6) is -1.31. The van der Waals surface area contributed by atoms with Crippen molar-refractivity contribution in [1.29, 1.82) is 0 Å². The zero-order valence-corrected chi connectivity index (χ0v) is 42.2. The number of nitrogens with two attached hydrogens (primary N) is 1. The smallest absolute Gasteiger partial charge is 0.416 e. The van der Waals surface area contributed by atoms with Gasteiger partial charge in [-0.3, -0.25) is 14.6 Å². The standard InChI is InChI=1S/C25H26F3N3O2.C18H22N2O3.C7H9N.C6H15N/c1-18-22(24(32)29-21-9-5-8-20(16-21)25(26,27)28)17-23(19-6-3-2-4-7-19)31(18)11-10-30-12-14-33-15-13-30;1-14-16(18(21)22)13-17(15-5-3-2-4-6-15)20(14)8-7-19-9-11-23-12-10-19;1-6-3-2-4-7(8)5-6;1-4-7(5-2)6-3/h2-9,16-17H,10-15H2,1H3,(H,29,32);2-6,13H,7-12H2,1H3,(H,21,22);2-5H,8H2,1H3;4-6H2,1-3H3. The lowest BCUT2D eigenvalue weighted by atomic mass is 10.1. The zero-order chi connectivity index (χ0) is 51.3. The molecule has 4 heterocycles. The number of aromatic carboxylic acids is 1. The lowest BCUT2D eigenvalue weighted by Gasteiger charge is -2.27. The quantitative estimate of drug-likeness (QED) is 0.0914. The lowest BCUT2D eigenvalue weighted by Crippen LogP contribution is -2.38. The summed E-state index contributed by atoms with van der Waals surface area (Å²) in [5, 5.41) is 12.1. The predicted octanol–water partition coefficient (Wildman–Crippen LogP) is 10.5. The Kier molecular flexibility index (Phi) is 21.9. The molecule has 382 valence electrons. The average Bonchev–Trinajstić information content (AvgIpc) is 3.90. The maximum Gasteiger partial charge on any atom is 0.416 e. The first-order valence-corrected chi connectivity index (χ1v) is 24.5. The minimum atomic E-state index is -4.47. The Labute approximate surface area is 417 Å². The van der Waals surface area contributed by atoms with Gasteiger partial charge in [-0.1, -0.05) is 99.6 Å². The third kappa shape index (κ3) is 17.0. The third-order valence-electron chi connectivity index (χ3n) is 12.7. The third-order valence-corrected chi connectivity index (χ3v) is 12.7. The summed E-state index contributed by atoms with van der Waals surface area (Å²) < 4.78 is 54.2. The summed E-state index contributed by atoms with van der Waals surface area (Å²) in [5.41, 5.74) is 13.1. The van der Waals surface area contributed by atoms with Gasteiger partial charge < -0.3 is 39.7 Å². The Morgan fingerprint density at radius 2 is 1.08 bits per heavy atom. The van der Waals surface area contributed by atoms with Crippen molar-refractivity contribution in [3.8, 4) is 22.5 Å². The second kappa shape index (κ2) is 28.0. The van der Waals surface area contributed by atoms with Crippen molar-refractivity contribution in [3.63, 3.8) is 0 Å². The molecule has 0 radical (unpaired) electrons. The van der Waals surface area contributed by atoms with Crippen LogP contribution >= 0.6 is 0 Å². The highest BCUT2D eigenvalue weighted by molar-refractivity contribution is 6.06. The second-order valence-electron chi connectivity index (χ2n) is 17.4. The van der Waals surface area contributed by atoms with E-state index >= 15 is 0 Å². The molecule has 0 saturated carbocycles. The van der Waals surface area contributed by atoms with Crippen LogP contribution < -0.4 is 11.1 Å². The number of carbonyl (C=O) groups excluding carboxylic acids is 1. The van der Waals surface area contributed by atoms with Gasteiger partial charge in [0, 0.05) is 86.5 Å². The van der Waals surface area contributed by atoms with Crippen molar-refractivity contribution in [2.75, 3.05) is 96.4 Å². The number of hydrogen-bond donors (Lipinski definition) is 3. The fraction of sp³-hybridized carbons (Fsp3) is 0.393. The van der Waals surface area contributed by atoms with E-state index in [4.69, 9.17) is 15.2 Å². The molecular formula is C56H72F3N7O5. The molecule has 2 saturated heterocycles. The molecule has 2 aromatic heterocycles. The van der Waals surface area contributed by atoms with Crippen LogP contribution in [0.5, 0.6) is 0 Å². The first-order valence-electron chi connectivity index (χ1n) is 24.5. The molecule has 0 unspecified atom stereocenters. The van der Waals surface area contributed by atoms with Gasteiger partial charge in [-0.25, -0.2) is 4.79 Å². The Morgan fingerprint density at radius 3 is 1.49 bits per heavy atom.